The normalized spacial score (nSPS) is 13.2. The fraction of sp³-hybridized carbons (Fsp3) is 0.273. The topological polar surface area (TPSA) is 41.0 Å². The largest absolute Gasteiger partial charge is 0.291 e. The third-order valence-corrected chi connectivity index (χ3v) is 4.92. The molecular weight excluding hydrogens is 320 g/mol. The number of anilines is 3. The molecule has 0 bridgehead atoms. The molecule has 0 saturated heterocycles. The lowest BCUT2D eigenvalue weighted by Gasteiger charge is -2.26. The van der Waals surface area contributed by atoms with Gasteiger partial charge in [0, 0.05) is 11.9 Å². The van der Waals surface area contributed by atoms with Gasteiger partial charge < -0.3 is 0 Å². The zero-order valence-electron chi connectivity index (χ0n) is 15.4. The molecule has 0 amide bonds. The van der Waals surface area contributed by atoms with Crippen molar-refractivity contribution in [3.63, 3.8) is 0 Å². The Labute approximate surface area is 154 Å². The van der Waals surface area contributed by atoms with Gasteiger partial charge in [-0.1, -0.05) is 35.9 Å². The Morgan fingerprint density at radius 3 is 2.50 bits per heavy atom. The van der Waals surface area contributed by atoms with E-state index in [4.69, 9.17) is 4.98 Å². The van der Waals surface area contributed by atoms with Crippen LogP contribution in [0.1, 0.15) is 35.2 Å². The van der Waals surface area contributed by atoms with E-state index in [0.29, 0.717) is 5.95 Å². The number of nitrogens with one attached hydrogen (secondary N) is 1. The van der Waals surface area contributed by atoms with E-state index in [1.807, 2.05) is 23.3 Å². The second kappa shape index (κ2) is 7.16. The molecule has 0 atom stereocenters. The Morgan fingerprint density at radius 1 is 0.923 bits per heavy atom. The third kappa shape index (κ3) is 3.40. The number of hydrogen-bond acceptors (Lipinski definition) is 4. The van der Waals surface area contributed by atoms with Crippen LogP contribution < -0.4 is 10.4 Å². The summed E-state index contributed by atoms with van der Waals surface area (Å²) in [5.41, 5.74) is 10.5. The Morgan fingerprint density at radius 2 is 1.69 bits per heavy atom. The van der Waals surface area contributed by atoms with Crippen molar-refractivity contribution in [3.8, 4) is 0 Å². The molecule has 1 N–H and O–H groups in total. The van der Waals surface area contributed by atoms with Crippen molar-refractivity contribution in [3.05, 3.63) is 77.1 Å². The quantitative estimate of drug-likeness (QED) is 0.666. The highest BCUT2D eigenvalue weighted by Gasteiger charge is 2.18. The van der Waals surface area contributed by atoms with E-state index >= 15 is 0 Å². The smallest absolute Gasteiger partial charge is 0.249 e. The van der Waals surface area contributed by atoms with Gasteiger partial charge in [-0.15, -0.1) is 0 Å². The maximum absolute atomic E-state index is 4.89. The van der Waals surface area contributed by atoms with Gasteiger partial charge in [-0.25, -0.2) is 15.0 Å². The number of nitrogens with zero attached hydrogens (tertiary/aromatic N) is 3. The second-order valence-electron chi connectivity index (χ2n) is 6.95. The minimum absolute atomic E-state index is 0.692. The van der Waals surface area contributed by atoms with Crippen LogP contribution in [0.25, 0.3) is 0 Å². The first kappa shape index (κ1) is 16.6. The Hall–Kier alpha value is -2.88. The molecule has 0 unspecified atom stereocenters. The lowest BCUT2D eigenvalue weighted by molar-refractivity contribution is 0.661. The SMILES string of the molecule is Cc1ccc(N(Nc2ccccc2C)c2ncc3c(n2)CCCC3)cc1. The van der Waals surface area contributed by atoms with E-state index in [9.17, 15) is 0 Å². The van der Waals surface area contributed by atoms with Crippen molar-refractivity contribution in [2.45, 2.75) is 39.5 Å². The van der Waals surface area contributed by atoms with Crippen molar-refractivity contribution >= 4 is 17.3 Å². The summed E-state index contributed by atoms with van der Waals surface area (Å²) in [7, 11) is 0. The van der Waals surface area contributed by atoms with E-state index in [1.165, 1.54) is 35.2 Å². The Balaban J connectivity index is 1.75. The van der Waals surface area contributed by atoms with E-state index < -0.39 is 0 Å². The molecule has 2 aromatic carbocycles. The first-order chi connectivity index (χ1) is 12.7. The number of aryl methyl sites for hydroxylation is 4. The summed E-state index contributed by atoms with van der Waals surface area (Å²) in [6, 6.07) is 16.7. The van der Waals surface area contributed by atoms with Crippen LogP contribution in [0.3, 0.4) is 0 Å². The molecule has 0 spiro atoms. The minimum Gasteiger partial charge on any atom is -0.291 e. The van der Waals surface area contributed by atoms with Gasteiger partial charge in [-0.2, -0.15) is 0 Å². The number of hydrazine groups is 1. The highest BCUT2D eigenvalue weighted by Crippen LogP contribution is 2.27. The third-order valence-electron chi connectivity index (χ3n) is 4.92. The van der Waals surface area contributed by atoms with Crippen molar-refractivity contribution in [2.24, 2.45) is 0 Å². The van der Waals surface area contributed by atoms with Crippen LogP contribution in [0.15, 0.2) is 54.7 Å². The fourth-order valence-corrected chi connectivity index (χ4v) is 3.32. The van der Waals surface area contributed by atoms with Crippen LogP contribution >= 0.6 is 0 Å². The molecule has 1 heterocycles. The maximum atomic E-state index is 4.89. The molecule has 1 aliphatic rings. The predicted octanol–water partition coefficient (Wildman–Crippen LogP) is 5.14. The summed E-state index contributed by atoms with van der Waals surface area (Å²) in [6.45, 7) is 4.20. The molecule has 0 saturated carbocycles. The van der Waals surface area contributed by atoms with Crippen LogP contribution in [0.2, 0.25) is 0 Å². The van der Waals surface area contributed by atoms with Crippen molar-refractivity contribution < 1.29 is 0 Å². The van der Waals surface area contributed by atoms with E-state index in [1.54, 1.807) is 0 Å². The zero-order valence-corrected chi connectivity index (χ0v) is 15.4. The number of rotatable bonds is 4. The van der Waals surface area contributed by atoms with Gasteiger partial charge in [0.1, 0.15) is 0 Å². The summed E-state index contributed by atoms with van der Waals surface area (Å²) in [6.07, 6.45) is 6.57. The number of para-hydroxylation sites is 1. The van der Waals surface area contributed by atoms with Gasteiger partial charge in [0.15, 0.2) is 0 Å². The first-order valence-corrected chi connectivity index (χ1v) is 9.24. The zero-order chi connectivity index (χ0) is 17.9. The van der Waals surface area contributed by atoms with Crippen molar-refractivity contribution in [1.29, 1.82) is 0 Å². The monoisotopic (exact) mass is 344 g/mol. The average Bonchev–Trinajstić information content (AvgIpc) is 2.68. The van der Waals surface area contributed by atoms with Crippen LogP contribution in [-0.2, 0) is 12.8 Å². The number of hydrogen-bond donors (Lipinski definition) is 1. The molecular formula is C22H24N4. The first-order valence-electron chi connectivity index (χ1n) is 9.24. The fourth-order valence-electron chi connectivity index (χ4n) is 3.32. The molecule has 1 aliphatic carbocycles. The molecule has 1 aromatic heterocycles. The van der Waals surface area contributed by atoms with Crippen LogP contribution in [0.4, 0.5) is 17.3 Å². The maximum Gasteiger partial charge on any atom is 0.249 e. The lowest BCUT2D eigenvalue weighted by atomic mass is 9.98. The predicted molar refractivity (Wildman–Crippen MR) is 107 cm³/mol. The van der Waals surface area contributed by atoms with Crippen LogP contribution in [0.5, 0.6) is 0 Å². The molecule has 3 aromatic rings. The molecule has 4 rings (SSSR count). The summed E-state index contributed by atoms with van der Waals surface area (Å²) < 4.78 is 0. The molecule has 4 heteroatoms. The van der Waals surface area contributed by atoms with Gasteiger partial charge >= 0.3 is 0 Å². The standard InChI is InChI=1S/C22H24N4/c1-16-11-13-19(14-12-16)26(25-20-9-5-3-7-17(20)2)22-23-15-18-8-4-6-10-21(18)24-22/h3,5,7,9,11-15,25H,4,6,8,10H2,1-2H3. The van der Waals surface area contributed by atoms with Crippen molar-refractivity contribution in [1.82, 2.24) is 9.97 Å². The van der Waals surface area contributed by atoms with Gasteiger partial charge in [-0.3, -0.25) is 5.43 Å². The molecule has 0 fully saturated rings. The van der Waals surface area contributed by atoms with Crippen molar-refractivity contribution in [2.75, 3.05) is 10.4 Å². The summed E-state index contributed by atoms with van der Waals surface area (Å²) in [5, 5.41) is 1.98. The molecule has 4 nitrogen and oxygen atoms in total. The summed E-state index contributed by atoms with van der Waals surface area (Å²) >= 11 is 0. The van der Waals surface area contributed by atoms with Gasteiger partial charge in [-0.05, 0) is 68.9 Å². The van der Waals surface area contributed by atoms with E-state index in [0.717, 1.165) is 24.2 Å². The number of benzene rings is 2. The molecule has 26 heavy (non-hydrogen) atoms. The molecule has 0 radical (unpaired) electrons. The van der Waals surface area contributed by atoms with Crippen LogP contribution in [0, 0.1) is 13.8 Å². The van der Waals surface area contributed by atoms with E-state index in [-0.39, 0.29) is 0 Å². The average molecular weight is 344 g/mol. The summed E-state index contributed by atoms with van der Waals surface area (Å²) in [4.78, 5) is 9.56. The Bertz CT molecular complexity index is 902. The van der Waals surface area contributed by atoms with Gasteiger partial charge in [0.2, 0.25) is 5.95 Å². The Kier molecular flexibility index (Phi) is 4.57. The second-order valence-corrected chi connectivity index (χ2v) is 6.95. The molecule has 132 valence electrons. The summed E-state index contributed by atoms with van der Waals surface area (Å²) in [5.74, 6) is 0.692. The highest BCUT2D eigenvalue weighted by atomic mass is 15.5. The van der Waals surface area contributed by atoms with Gasteiger partial charge in [0.25, 0.3) is 0 Å². The highest BCUT2D eigenvalue weighted by molar-refractivity contribution is 5.65. The molecule has 0 aliphatic heterocycles. The van der Waals surface area contributed by atoms with Gasteiger partial charge in [0.05, 0.1) is 11.4 Å². The minimum atomic E-state index is 0.692. The number of fused-ring (bicyclic) bond motifs is 1. The lowest BCUT2D eigenvalue weighted by Crippen LogP contribution is -2.27. The van der Waals surface area contributed by atoms with Crippen LogP contribution in [-0.4, -0.2) is 9.97 Å². The van der Waals surface area contributed by atoms with E-state index in [2.05, 4.69) is 60.7 Å². The number of aromatic nitrogens is 2.